The number of rotatable bonds is 6. The van der Waals surface area contributed by atoms with Gasteiger partial charge in [0, 0.05) is 23.9 Å². The molecular formula is C27H35ClFN5O3. The fraction of sp³-hybridized carbons (Fsp3) is 0.519. The maximum Gasteiger partial charge on any atom is 0.258 e. The molecule has 2 heterocycles. The van der Waals surface area contributed by atoms with Gasteiger partial charge in [0.25, 0.3) is 5.91 Å². The Bertz CT molecular complexity index is 1360. The Hall–Kier alpha value is -2.91. The number of nitrogens with one attached hydrogen (secondary N) is 1. The molecule has 200 valence electrons. The standard InChI is InChI=1S/C27H35ClFN5O3/c1-14(2)37-22-17(15(3)24-32-16(4)21-23(30)31-11-12-34(21)24)13-18(28)20(29)19(22)25(35)33-26(5)9-7-8-10-27(26,6)36/h11-15,36H,7-10H2,1-6H3,(H2,30,31)(H,33,35)/t15-,26+,27+/m0/s1. The summed E-state index contributed by atoms with van der Waals surface area (Å²) in [5.41, 5.74) is 5.59. The van der Waals surface area contributed by atoms with E-state index in [2.05, 4.69) is 10.3 Å². The van der Waals surface area contributed by atoms with Crippen molar-refractivity contribution in [1.82, 2.24) is 19.7 Å². The number of benzene rings is 1. The molecule has 2 aromatic heterocycles. The lowest BCUT2D eigenvalue weighted by Crippen LogP contribution is -2.62. The Balaban J connectivity index is 1.87. The summed E-state index contributed by atoms with van der Waals surface area (Å²) in [7, 11) is 0. The van der Waals surface area contributed by atoms with E-state index in [1.807, 2.05) is 18.2 Å². The van der Waals surface area contributed by atoms with Crippen molar-refractivity contribution < 1.29 is 19.0 Å². The number of hydrogen-bond acceptors (Lipinski definition) is 6. The van der Waals surface area contributed by atoms with E-state index in [-0.39, 0.29) is 22.4 Å². The monoisotopic (exact) mass is 531 g/mol. The van der Waals surface area contributed by atoms with E-state index in [4.69, 9.17) is 27.1 Å². The molecule has 0 unspecified atom stereocenters. The minimum atomic E-state index is -1.15. The molecule has 10 heteroatoms. The molecule has 1 aliphatic rings. The van der Waals surface area contributed by atoms with Crippen LogP contribution in [-0.4, -0.2) is 42.6 Å². The van der Waals surface area contributed by atoms with Crippen molar-refractivity contribution in [3.8, 4) is 5.75 Å². The fourth-order valence-corrected chi connectivity index (χ4v) is 5.44. The smallest absolute Gasteiger partial charge is 0.258 e. The lowest BCUT2D eigenvalue weighted by Gasteiger charge is -2.47. The summed E-state index contributed by atoms with van der Waals surface area (Å²) in [4.78, 5) is 22.6. The number of halogens is 2. The van der Waals surface area contributed by atoms with Crippen molar-refractivity contribution in [2.45, 2.75) is 90.4 Å². The van der Waals surface area contributed by atoms with Gasteiger partial charge in [-0.1, -0.05) is 31.4 Å². The number of anilines is 1. The van der Waals surface area contributed by atoms with Crippen LogP contribution in [0.15, 0.2) is 18.5 Å². The molecule has 1 saturated carbocycles. The predicted octanol–water partition coefficient (Wildman–Crippen LogP) is 5.16. The zero-order valence-electron chi connectivity index (χ0n) is 22.2. The molecule has 3 atom stereocenters. The van der Waals surface area contributed by atoms with Crippen LogP contribution in [0.4, 0.5) is 10.2 Å². The molecule has 37 heavy (non-hydrogen) atoms. The highest BCUT2D eigenvalue weighted by molar-refractivity contribution is 6.31. The number of amides is 1. The molecule has 0 saturated heterocycles. The number of nitrogen functional groups attached to an aromatic ring is 1. The van der Waals surface area contributed by atoms with Crippen LogP contribution in [0.3, 0.4) is 0 Å². The van der Waals surface area contributed by atoms with Crippen molar-refractivity contribution in [2.75, 3.05) is 5.73 Å². The minimum absolute atomic E-state index is 0.0948. The van der Waals surface area contributed by atoms with Crippen molar-refractivity contribution in [3.63, 3.8) is 0 Å². The van der Waals surface area contributed by atoms with Crippen molar-refractivity contribution >= 4 is 28.8 Å². The highest BCUT2D eigenvalue weighted by Gasteiger charge is 2.47. The average molecular weight is 532 g/mol. The minimum Gasteiger partial charge on any atom is -0.490 e. The quantitative estimate of drug-likeness (QED) is 0.404. The summed E-state index contributed by atoms with van der Waals surface area (Å²) in [6, 6.07) is 1.48. The van der Waals surface area contributed by atoms with Gasteiger partial charge in [0.2, 0.25) is 0 Å². The van der Waals surface area contributed by atoms with E-state index >= 15 is 4.39 Å². The Morgan fingerprint density at radius 2 is 1.97 bits per heavy atom. The topological polar surface area (TPSA) is 115 Å². The zero-order valence-corrected chi connectivity index (χ0v) is 22.9. The van der Waals surface area contributed by atoms with Gasteiger partial charge in [0.15, 0.2) is 5.82 Å². The Labute approximate surface area is 221 Å². The Morgan fingerprint density at radius 1 is 1.30 bits per heavy atom. The molecule has 4 N–H and O–H groups in total. The predicted molar refractivity (Wildman–Crippen MR) is 142 cm³/mol. The molecule has 0 bridgehead atoms. The third kappa shape index (κ3) is 4.75. The average Bonchev–Trinajstić information content (AvgIpc) is 3.15. The second-order valence-corrected chi connectivity index (χ2v) is 11.1. The summed E-state index contributed by atoms with van der Waals surface area (Å²) in [6.45, 7) is 10.8. The lowest BCUT2D eigenvalue weighted by molar-refractivity contribution is -0.0556. The van der Waals surface area contributed by atoms with E-state index in [1.165, 1.54) is 6.07 Å². The molecule has 0 spiro atoms. The van der Waals surface area contributed by atoms with Crippen LogP contribution >= 0.6 is 11.6 Å². The summed E-state index contributed by atoms with van der Waals surface area (Å²) in [5, 5.41) is 13.8. The molecule has 4 rings (SSSR count). The molecule has 1 aromatic carbocycles. The summed E-state index contributed by atoms with van der Waals surface area (Å²) >= 11 is 6.37. The number of carbonyl (C=O) groups excluding carboxylic acids is 1. The molecule has 1 aliphatic carbocycles. The highest BCUT2D eigenvalue weighted by Crippen LogP contribution is 2.41. The molecule has 0 radical (unpaired) electrons. The number of nitrogens with zero attached hydrogens (tertiary/aromatic N) is 3. The summed E-state index contributed by atoms with van der Waals surface area (Å²) in [6.07, 6.45) is 5.77. The lowest BCUT2D eigenvalue weighted by atomic mass is 9.71. The number of nitrogens with two attached hydrogens (primary N) is 1. The SMILES string of the molecule is Cc1nc([C@@H](C)c2cc(Cl)c(F)c(C(=O)N[C@]3(C)CCCC[C@@]3(C)O)c2OC(C)C)n2ccnc(N)c12. The van der Waals surface area contributed by atoms with Gasteiger partial charge in [-0.05, 0) is 53.5 Å². The first kappa shape index (κ1) is 27.1. The maximum absolute atomic E-state index is 15.6. The van der Waals surface area contributed by atoms with Crippen LogP contribution in [0.5, 0.6) is 5.75 Å². The second-order valence-electron chi connectivity index (χ2n) is 10.7. The molecule has 8 nitrogen and oxygen atoms in total. The second kappa shape index (κ2) is 9.76. The fourth-order valence-electron chi connectivity index (χ4n) is 5.23. The molecule has 3 aromatic rings. The van der Waals surface area contributed by atoms with Crippen LogP contribution in [0, 0.1) is 12.7 Å². The third-order valence-electron chi connectivity index (χ3n) is 7.59. The van der Waals surface area contributed by atoms with E-state index in [1.54, 1.807) is 40.1 Å². The third-order valence-corrected chi connectivity index (χ3v) is 7.86. The van der Waals surface area contributed by atoms with Crippen LogP contribution in [0.1, 0.15) is 93.7 Å². The van der Waals surface area contributed by atoms with Gasteiger partial charge < -0.3 is 20.9 Å². The molecule has 1 amide bonds. The summed E-state index contributed by atoms with van der Waals surface area (Å²) in [5.74, 6) is -0.957. The van der Waals surface area contributed by atoms with Gasteiger partial charge in [0.1, 0.15) is 28.5 Å². The zero-order chi connectivity index (χ0) is 27.3. The number of carbonyl (C=O) groups is 1. The van der Waals surface area contributed by atoms with Crippen molar-refractivity contribution in [1.29, 1.82) is 0 Å². The molecule has 0 aliphatic heterocycles. The van der Waals surface area contributed by atoms with Crippen molar-refractivity contribution in [3.05, 3.63) is 51.9 Å². The van der Waals surface area contributed by atoms with E-state index < -0.39 is 28.8 Å². The number of hydrogen-bond donors (Lipinski definition) is 3. The van der Waals surface area contributed by atoms with Gasteiger partial charge in [-0.2, -0.15) is 0 Å². The van der Waals surface area contributed by atoms with Crippen LogP contribution in [0.2, 0.25) is 5.02 Å². The van der Waals surface area contributed by atoms with E-state index in [0.717, 1.165) is 12.8 Å². The van der Waals surface area contributed by atoms with Crippen molar-refractivity contribution in [2.24, 2.45) is 0 Å². The van der Waals surface area contributed by atoms with Crippen LogP contribution in [0.25, 0.3) is 5.52 Å². The number of aliphatic hydroxyl groups is 1. The van der Waals surface area contributed by atoms with Gasteiger partial charge in [-0.3, -0.25) is 9.20 Å². The van der Waals surface area contributed by atoms with E-state index in [0.29, 0.717) is 41.3 Å². The number of imidazole rings is 1. The first-order valence-corrected chi connectivity index (χ1v) is 13.0. The Kier molecular flexibility index (Phi) is 7.16. The maximum atomic E-state index is 15.6. The molecular weight excluding hydrogens is 497 g/mol. The number of fused-ring (bicyclic) bond motifs is 1. The largest absolute Gasteiger partial charge is 0.490 e. The number of aromatic nitrogens is 3. The number of ether oxygens (including phenoxy) is 1. The van der Waals surface area contributed by atoms with Crippen LogP contribution in [-0.2, 0) is 0 Å². The highest BCUT2D eigenvalue weighted by atomic mass is 35.5. The van der Waals surface area contributed by atoms with Gasteiger partial charge >= 0.3 is 0 Å². The first-order valence-electron chi connectivity index (χ1n) is 12.6. The first-order chi connectivity index (χ1) is 17.3. The van der Waals surface area contributed by atoms with Crippen LogP contribution < -0.4 is 15.8 Å². The normalized spacial score (nSPS) is 22.9. The number of aryl methyl sites for hydroxylation is 1. The van der Waals surface area contributed by atoms with Gasteiger partial charge in [-0.15, -0.1) is 0 Å². The Morgan fingerprint density at radius 3 is 2.62 bits per heavy atom. The molecule has 1 fully saturated rings. The van der Waals surface area contributed by atoms with Gasteiger partial charge in [-0.25, -0.2) is 14.4 Å². The van der Waals surface area contributed by atoms with Gasteiger partial charge in [0.05, 0.1) is 28.0 Å². The summed E-state index contributed by atoms with van der Waals surface area (Å²) < 4.78 is 23.5. The van der Waals surface area contributed by atoms with E-state index in [9.17, 15) is 9.90 Å².